The van der Waals surface area contributed by atoms with Gasteiger partial charge in [0, 0.05) is 0 Å². The van der Waals surface area contributed by atoms with E-state index in [0.717, 1.165) is 12.1 Å². The molecule has 0 saturated heterocycles. The zero-order valence-electron chi connectivity index (χ0n) is 10.6. The largest absolute Gasteiger partial charge is 0.465 e. The van der Waals surface area contributed by atoms with Crippen molar-refractivity contribution in [1.29, 1.82) is 0 Å². The van der Waals surface area contributed by atoms with Crippen molar-refractivity contribution >= 4 is 21.9 Å². The van der Waals surface area contributed by atoms with E-state index < -0.39 is 22.5 Å². The van der Waals surface area contributed by atoms with Gasteiger partial charge in [0.15, 0.2) is 0 Å². The molecule has 1 aromatic carbocycles. The Labute approximate surface area is 118 Å². The third-order valence-electron chi connectivity index (χ3n) is 2.62. The Morgan fingerprint density at radius 1 is 1.42 bits per heavy atom. The number of rotatable bonds is 4. The van der Waals surface area contributed by atoms with Crippen LogP contribution in [0.1, 0.15) is 23.6 Å². The van der Waals surface area contributed by atoms with Crippen molar-refractivity contribution in [3.63, 3.8) is 0 Å². The molecule has 0 N–H and O–H groups in total. The fourth-order valence-electron chi connectivity index (χ4n) is 1.58. The van der Waals surface area contributed by atoms with E-state index in [1.165, 1.54) is 6.07 Å². The molecule has 1 rings (SSSR count). The molecular formula is C13H14BrF3O2. The van der Waals surface area contributed by atoms with Gasteiger partial charge in [-0.1, -0.05) is 22.0 Å². The molecule has 2 nitrogen and oxygen atoms in total. The Morgan fingerprint density at radius 2 is 2.05 bits per heavy atom. The molecule has 0 fully saturated rings. The van der Waals surface area contributed by atoms with Crippen LogP contribution in [0, 0.1) is 6.92 Å². The number of carbonyl (C=O) groups is 1. The number of hydrogen-bond donors (Lipinski definition) is 0. The SMILES string of the molecule is CCOC(=O)C(Br)Cc1cc(C(F)(F)F)ccc1C. The first kappa shape index (κ1) is 16.0. The van der Waals surface area contributed by atoms with Crippen molar-refractivity contribution in [1.82, 2.24) is 0 Å². The average molecular weight is 339 g/mol. The van der Waals surface area contributed by atoms with Crippen molar-refractivity contribution < 1.29 is 22.7 Å². The van der Waals surface area contributed by atoms with Crippen LogP contribution in [-0.2, 0) is 22.1 Å². The van der Waals surface area contributed by atoms with Gasteiger partial charge in [-0.25, -0.2) is 0 Å². The van der Waals surface area contributed by atoms with E-state index in [4.69, 9.17) is 4.74 Å². The molecular weight excluding hydrogens is 325 g/mol. The summed E-state index contributed by atoms with van der Waals surface area (Å²) in [5.41, 5.74) is 0.475. The lowest BCUT2D eigenvalue weighted by Gasteiger charge is -2.14. The molecule has 0 aliphatic rings. The van der Waals surface area contributed by atoms with Crippen LogP contribution in [0.5, 0.6) is 0 Å². The van der Waals surface area contributed by atoms with Crippen LogP contribution in [0.2, 0.25) is 0 Å². The maximum Gasteiger partial charge on any atom is 0.416 e. The first-order chi connectivity index (χ1) is 8.75. The number of esters is 1. The van der Waals surface area contributed by atoms with Crippen LogP contribution < -0.4 is 0 Å². The molecule has 106 valence electrons. The molecule has 1 unspecified atom stereocenters. The summed E-state index contributed by atoms with van der Waals surface area (Å²) in [5.74, 6) is -0.473. The molecule has 0 aromatic heterocycles. The zero-order valence-corrected chi connectivity index (χ0v) is 12.1. The lowest BCUT2D eigenvalue weighted by molar-refractivity contribution is -0.142. The minimum Gasteiger partial charge on any atom is -0.465 e. The first-order valence-corrected chi connectivity index (χ1v) is 6.64. The minimum atomic E-state index is -4.38. The highest BCUT2D eigenvalue weighted by Crippen LogP contribution is 2.31. The van der Waals surface area contributed by atoms with Gasteiger partial charge in [0.1, 0.15) is 4.83 Å². The fourth-order valence-corrected chi connectivity index (χ4v) is 2.06. The monoisotopic (exact) mass is 338 g/mol. The fraction of sp³-hybridized carbons (Fsp3) is 0.462. The maximum absolute atomic E-state index is 12.6. The standard InChI is InChI=1S/C13H14BrF3O2/c1-3-19-12(18)11(14)7-9-6-10(13(15,16)17)5-4-8(9)2/h4-6,11H,3,7H2,1-2H3. The number of hydrogen-bond acceptors (Lipinski definition) is 2. The molecule has 0 amide bonds. The summed E-state index contributed by atoms with van der Waals surface area (Å²) in [6.45, 7) is 3.62. The summed E-state index contributed by atoms with van der Waals surface area (Å²) >= 11 is 3.13. The molecule has 0 aliphatic heterocycles. The van der Waals surface area contributed by atoms with E-state index in [9.17, 15) is 18.0 Å². The second-order valence-electron chi connectivity index (χ2n) is 4.06. The highest BCUT2D eigenvalue weighted by molar-refractivity contribution is 9.10. The summed E-state index contributed by atoms with van der Waals surface area (Å²) in [5, 5.41) is 0. The lowest BCUT2D eigenvalue weighted by atomic mass is 10.0. The molecule has 0 spiro atoms. The summed E-state index contributed by atoms with van der Waals surface area (Å²) in [6, 6.07) is 3.51. The van der Waals surface area contributed by atoms with Crippen molar-refractivity contribution in [3.8, 4) is 0 Å². The molecule has 0 saturated carbocycles. The zero-order chi connectivity index (χ0) is 14.6. The van der Waals surface area contributed by atoms with Crippen LogP contribution in [0.3, 0.4) is 0 Å². The molecule has 0 aliphatic carbocycles. The average Bonchev–Trinajstić information content (AvgIpc) is 2.30. The van der Waals surface area contributed by atoms with Gasteiger partial charge in [-0.3, -0.25) is 4.79 Å². The summed E-state index contributed by atoms with van der Waals surface area (Å²) < 4.78 is 42.6. The van der Waals surface area contributed by atoms with Crippen molar-refractivity contribution in [2.24, 2.45) is 0 Å². The third kappa shape index (κ3) is 4.53. The van der Waals surface area contributed by atoms with Gasteiger partial charge >= 0.3 is 12.1 Å². The first-order valence-electron chi connectivity index (χ1n) is 5.73. The van der Waals surface area contributed by atoms with Crippen LogP contribution in [0.25, 0.3) is 0 Å². The van der Waals surface area contributed by atoms with Crippen molar-refractivity contribution in [3.05, 3.63) is 34.9 Å². The van der Waals surface area contributed by atoms with Gasteiger partial charge in [-0.15, -0.1) is 0 Å². The van der Waals surface area contributed by atoms with E-state index >= 15 is 0 Å². The lowest BCUT2D eigenvalue weighted by Crippen LogP contribution is -2.20. The van der Waals surface area contributed by atoms with Crippen LogP contribution >= 0.6 is 15.9 Å². The Hall–Kier alpha value is -1.04. The Bertz CT molecular complexity index is 458. The predicted octanol–water partition coefficient (Wildman–Crippen LogP) is 3.88. The molecule has 1 aromatic rings. The van der Waals surface area contributed by atoms with E-state index in [-0.39, 0.29) is 13.0 Å². The minimum absolute atomic E-state index is 0.161. The number of benzene rings is 1. The van der Waals surface area contributed by atoms with E-state index in [1.807, 2.05) is 0 Å². The van der Waals surface area contributed by atoms with E-state index in [0.29, 0.717) is 11.1 Å². The molecule has 0 heterocycles. The van der Waals surface area contributed by atoms with Gasteiger partial charge in [0.2, 0.25) is 0 Å². The van der Waals surface area contributed by atoms with E-state index in [1.54, 1.807) is 13.8 Å². The van der Waals surface area contributed by atoms with E-state index in [2.05, 4.69) is 15.9 Å². The third-order valence-corrected chi connectivity index (χ3v) is 3.32. The second kappa shape index (κ2) is 6.41. The van der Waals surface area contributed by atoms with Gasteiger partial charge in [-0.2, -0.15) is 13.2 Å². The molecule has 0 bridgehead atoms. The van der Waals surface area contributed by atoms with Crippen molar-refractivity contribution in [2.75, 3.05) is 6.61 Å². The number of carbonyl (C=O) groups excluding carboxylic acids is 1. The number of alkyl halides is 4. The Balaban J connectivity index is 2.91. The van der Waals surface area contributed by atoms with Gasteiger partial charge in [0.05, 0.1) is 12.2 Å². The van der Waals surface area contributed by atoms with Gasteiger partial charge in [-0.05, 0) is 43.5 Å². The molecule has 6 heteroatoms. The Morgan fingerprint density at radius 3 is 2.58 bits per heavy atom. The van der Waals surface area contributed by atoms with Crippen LogP contribution in [-0.4, -0.2) is 17.4 Å². The molecule has 0 radical (unpaired) electrons. The Kier molecular flexibility index (Phi) is 5.40. The molecule has 19 heavy (non-hydrogen) atoms. The summed E-state index contributed by atoms with van der Waals surface area (Å²) in [7, 11) is 0. The van der Waals surface area contributed by atoms with Gasteiger partial charge < -0.3 is 4.74 Å². The second-order valence-corrected chi connectivity index (χ2v) is 5.17. The number of halogens is 4. The smallest absolute Gasteiger partial charge is 0.416 e. The predicted molar refractivity (Wildman–Crippen MR) is 69.2 cm³/mol. The quantitative estimate of drug-likeness (QED) is 0.615. The highest BCUT2D eigenvalue weighted by Gasteiger charge is 2.31. The number of ether oxygens (including phenoxy) is 1. The highest BCUT2D eigenvalue weighted by atomic mass is 79.9. The summed E-state index contributed by atoms with van der Waals surface area (Å²) in [6.07, 6.45) is -4.22. The normalized spacial score (nSPS) is 13.2. The maximum atomic E-state index is 12.6. The van der Waals surface area contributed by atoms with Gasteiger partial charge in [0.25, 0.3) is 0 Å². The summed E-state index contributed by atoms with van der Waals surface area (Å²) in [4.78, 5) is 10.8. The van der Waals surface area contributed by atoms with Crippen LogP contribution in [0.15, 0.2) is 18.2 Å². The topological polar surface area (TPSA) is 26.3 Å². The van der Waals surface area contributed by atoms with Crippen LogP contribution in [0.4, 0.5) is 13.2 Å². The number of aryl methyl sites for hydroxylation is 1. The van der Waals surface area contributed by atoms with Crippen molar-refractivity contribution in [2.45, 2.75) is 31.3 Å². The molecule has 1 atom stereocenters.